The molecule has 2 fully saturated rings. The number of ether oxygens (including phenoxy) is 1. The maximum atomic E-state index is 6.12. The molecule has 0 radical (unpaired) electrons. The summed E-state index contributed by atoms with van der Waals surface area (Å²) < 4.78 is 6.12. The number of hydrogen-bond donors (Lipinski definition) is 1. The molecule has 18 heavy (non-hydrogen) atoms. The fourth-order valence-electron chi connectivity index (χ4n) is 3.85. The lowest BCUT2D eigenvalue weighted by atomic mass is 9.94. The van der Waals surface area contributed by atoms with Gasteiger partial charge in [-0.25, -0.2) is 0 Å². The highest BCUT2D eigenvalue weighted by Gasteiger charge is 2.45. The molecule has 1 saturated heterocycles. The smallest absolute Gasteiger partial charge is 0.0787 e. The molecule has 0 aromatic rings. The summed E-state index contributed by atoms with van der Waals surface area (Å²) in [4.78, 5) is 0. The van der Waals surface area contributed by atoms with Gasteiger partial charge in [0.1, 0.15) is 0 Å². The van der Waals surface area contributed by atoms with E-state index in [1.165, 1.54) is 38.5 Å². The van der Waals surface area contributed by atoms with Gasteiger partial charge in [-0.1, -0.05) is 25.7 Å². The average Bonchev–Trinajstić information content (AvgIpc) is 2.79. The molecule has 0 aromatic heterocycles. The van der Waals surface area contributed by atoms with E-state index in [4.69, 9.17) is 4.74 Å². The number of rotatable bonds is 5. The van der Waals surface area contributed by atoms with E-state index in [2.05, 4.69) is 33.0 Å². The van der Waals surface area contributed by atoms with Gasteiger partial charge in [-0.15, -0.1) is 0 Å². The zero-order chi connectivity index (χ0) is 13.2. The summed E-state index contributed by atoms with van der Waals surface area (Å²) in [7, 11) is 0. The van der Waals surface area contributed by atoms with E-state index in [0.29, 0.717) is 6.04 Å². The third-order valence-electron chi connectivity index (χ3n) is 4.73. The Morgan fingerprint density at radius 1 is 1.11 bits per heavy atom. The molecule has 1 aliphatic carbocycles. The van der Waals surface area contributed by atoms with E-state index in [0.717, 1.165) is 18.9 Å². The first-order chi connectivity index (χ1) is 8.39. The van der Waals surface area contributed by atoms with E-state index in [-0.39, 0.29) is 11.2 Å². The summed E-state index contributed by atoms with van der Waals surface area (Å²) >= 11 is 0. The van der Waals surface area contributed by atoms with Gasteiger partial charge in [-0.05, 0) is 59.4 Å². The first kappa shape index (κ1) is 14.3. The van der Waals surface area contributed by atoms with Crippen molar-refractivity contribution in [2.75, 3.05) is 6.54 Å². The average molecular weight is 253 g/mol. The van der Waals surface area contributed by atoms with Crippen molar-refractivity contribution in [2.24, 2.45) is 5.92 Å². The molecule has 1 aliphatic heterocycles. The van der Waals surface area contributed by atoms with Crippen LogP contribution in [0.4, 0.5) is 0 Å². The normalized spacial score (nSPS) is 31.0. The Labute approximate surface area is 113 Å². The second kappa shape index (κ2) is 5.50. The molecule has 1 saturated carbocycles. The zero-order valence-electron chi connectivity index (χ0n) is 12.7. The molecule has 2 aliphatic rings. The fraction of sp³-hybridized carbons (Fsp3) is 1.00. The predicted molar refractivity (Wildman–Crippen MR) is 76.8 cm³/mol. The number of hydrogen-bond acceptors (Lipinski definition) is 2. The largest absolute Gasteiger partial charge is 0.368 e. The van der Waals surface area contributed by atoms with Crippen molar-refractivity contribution < 1.29 is 4.74 Å². The summed E-state index contributed by atoms with van der Waals surface area (Å²) in [5, 5.41) is 3.73. The standard InChI is InChI=1S/C16H31NO/c1-15(2)12-14(16(3,4)18-15)17-11-7-10-13-8-5-6-9-13/h13-14,17H,5-12H2,1-4H3. The van der Waals surface area contributed by atoms with Crippen molar-refractivity contribution in [3.8, 4) is 0 Å². The lowest BCUT2D eigenvalue weighted by molar-refractivity contribution is -0.0698. The molecule has 1 heterocycles. The van der Waals surface area contributed by atoms with Crippen LogP contribution >= 0.6 is 0 Å². The minimum absolute atomic E-state index is 0.0170. The van der Waals surface area contributed by atoms with Crippen LogP contribution < -0.4 is 5.32 Å². The van der Waals surface area contributed by atoms with Gasteiger partial charge in [0.05, 0.1) is 11.2 Å². The third kappa shape index (κ3) is 3.71. The lowest BCUT2D eigenvalue weighted by Crippen LogP contribution is -2.43. The van der Waals surface area contributed by atoms with Crippen LogP contribution in [-0.2, 0) is 4.74 Å². The molecular formula is C16H31NO. The van der Waals surface area contributed by atoms with Crippen LogP contribution in [-0.4, -0.2) is 23.8 Å². The molecule has 0 bridgehead atoms. The molecule has 2 rings (SSSR count). The van der Waals surface area contributed by atoms with Gasteiger partial charge in [0, 0.05) is 6.04 Å². The molecule has 2 nitrogen and oxygen atoms in total. The molecule has 1 N–H and O–H groups in total. The van der Waals surface area contributed by atoms with Crippen LogP contribution in [0.1, 0.15) is 72.6 Å². The maximum absolute atomic E-state index is 6.12. The molecule has 0 spiro atoms. The van der Waals surface area contributed by atoms with E-state index in [1.807, 2.05) is 0 Å². The van der Waals surface area contributed by atoms with Crippen LogP contribution in [0.15, 0.2) is 0 Å². The van der Waals surface area contributed by atoms with E-state index >= 15 is 0 Å². The van der Waals surface area contributed by atoms with Crippen LogP contribution in [0.3, 0.4) is 0 Å². The minimum Gasteiger partial charge on any atom is -0.368 e. The second-order valence-electron chi connectivity index (χ2n) is 7.47. The molecular weight excluding hydrogens is 222 g/mol. The molecule has 0 amide bonds. The minimum atomic E-state index is -0.0170. The molecule has 0 aromatic carbocycles. The van der Waals surface area contributed by atoms with Crippen LogP contribution in [0.2, 0.25) is 0 Å². The quantitative estimate of drug-likeness (QED) is 0.750. The number of nitrogens with one attached hydrogen (secondary N) is 1. The Morgan fingerprint density at radius 3 is 2.33 bits per heavy atom. The second-order valence-corrected chi connectivity index (χ2v) is 7.47. The van der Waals surface area contributed by atoms with Gasteiger partial charge < -0.3 is 10.1 Å². The Hall–Kier alpha value is -0.0800. The molecule has 1 atom stereocenters. The first-order valence-electron chi connectivity index (χ1n) is 7.83. The maximum Gasteiger partial charge on any atom is 0.0787 e. The predicted octanol–water partition coefficient (Wildman–Crippen LogP) is 3.89. The fourth-order valence-corrected chi connectivity index (χ4v) is 3.85. The van der Waals surface area contributed by atoms with Crippen molar-refractivity contribution in [1.82, 2.24) is 5.32 Å². The zero-order valence-corrected chi connectivity index (χ0v) is 12.7. The highest BCUT2D eigenvalue weighted by molar-refractivity contribution is 4.98. The Balaban J connectivity index is 1.67. The highest BCUT2D eigenvalue weighted by atomic mass is 16.5. The Kier molecular flexibility index (Phi) is 4.38. The van der Waals surface area contributed by atoms with Crippen molar-refractivity contribution in [1.29, 1.82) is 0 Å². The first-order valence-corrected chi connectivity index (χ1v) is 7.83. The summed E-state index contributed by atoms with van der Waals surface area (Å²) in [6, 6.07) is 0.510. The topological polar surface area (TPSA) is 21.3 Å². The highest BCUT2D eigenvalue weighted by Crippen LogP contribution is 2.37. The van der Waals surface area contributed by atoms with Gasteiger partial charge in [-0.3, -0.25) is 0 Å². The molecule has 1 unspecified atom stereocenters. The van der Waals surface area contributed by atoms with Gasteiger partial charge in [0.15, 0.2) is 0 Å². The van der Waals surface area contributed by atoms with Crippen LogP contribution in [0.5, 0.6) is 0 Å². The third-order valence-corrected chi connectivity index (χ3v) is 4.73. The van der Waals surface area contributed by atoms with E-state index in [9.17, 15) is 0 Å². The van der Waals surface area contributed by atoms with Gasteiger partial charge >= 0.3 is 0 Å². The molecule has 106 valence electrons. The SMILES string of the molecule is CC1(C)CC(NCCCC2CCCC2)C(C)(C)O1. The van der Waals surface area contributed by atoms with Crippen molar-refractivity contribution in [3.05, 3.63) is 0 Å². The summed E-state index contributed by atoms with van der Waals surface area (Å²) in [5.74, 6) is 1.02. The summed E-state index contributed by atoms with van der Waals surface area (Å²) in [5.41, 5.74) is 0.0173. The molecule has 2 heteroatoms. The van der Waals surface area contributed by atoms with Crippen molar-refractivity contribution in [3.63, 3.8) is 0 Å². The summed E-state index contributed by atoms with van der Waals surface area (Å²) in [6.45, 7) is 10.0. The monoisotopic (exact) mass is 253 g/mol. The Morgan fingerprint density at radius 2 is 1.78 bits per heavy atom. The van der Waals surface area contributed by atoms with E-state index < -0.39 is 0 Å². The van der Waals surface area contributed by atoms with Gasteiger partial charge in [0.2, 0.25) is 0 Å². The van der Waals surface area contributed by atoms with Gasteiger partial charge in [0.25, 0.3) is 0 Å². The lowest BCUT2D eigenvalue weighted by Gasteiger charge is -2.28. The van der Waals surface area contributed by atoms with Gasteiger partial charge in [-0.2, -0.15) is 0 Å². The van der Waals surface area contributed by atoms with Crippen molar-refractivity contribution in [2.45, 2.75) is 89.9 Å². The van der Waals surface area contributed by atoms with Crippen LogP contribution in [0, 0.1) is 5.92 Å². The van der Waals surface area contributed by atoms with Crippen molar-refractivity contribution >= 4 is 0 Å². The van der Waals surface area contributed by atoms with E-state index in [1.54, 1.807) is 0 Å². The summed E-state index contributed by atoms with van der Waals surface area (Å²) in [6.07, 6.45) is 9.77. The van der Waals surface area contributed by atoms with Crippen LogP contribution in [0.25, 0.3) is 0 Å². The Bertz CT molecular complexity index is 266.